The van der Waals surface area contributed by atoms with E-state index in [-0.39, 0.29) is 35.0 Å². The Bertz CT molecular complexity index is 767. The molecule has 0 amide bonds. The molecular weight excluding hydrogens is 398 g/mol. The number of hydrogen-bond acceptors (Lipinski definition) is 5. The van der Waals surface area contributed by atoms with Gasteiger partial charge in [-0.1, -0.05) is 20.3 Å². The molecule has 3 N–H and O–H groups in total. The first-order chi connectivity index (χ1) is 11.7. The van der Waals surface area contributed by atoms with Crippen LogP contribution in [0, 0.1) is 5.92 Å². The minimum atomic E-state index is -3.62. The molecule has 0 radical (unpaired) electrons. The largest absolute Gasteiger partial charge is 0.316 e. The Kier molecular flexibility index (Phi) is 8.81. The van der Waals surface area contributed by atoms with E-state index in [1.807, 2.05) is 13.8 Å². The zero-order valence-electron chi connectivity index (χ0n) is 15.1. The van der Waals surface area contributed by atoms with Crippen LogP contribution in [0.4, 0.5) is 5.69 Å². The molecule has 2 unspecified atom stereocenters. The highest BCUT2D eigenvalue weighted by atomic mass is 35.5. The molecule has 1 fully saturated rings. The van der Waals surface area contributed by atoms with Crippen molar-refractivity contribution in [3.8, 4) is 0 Å². The molecule has 2 rings (SSSR count). The van der Waals surface area contributed by atoms with Crippen molar-refractivity contribution in [1.82, 2.24) is 10.0 Å². The van der Waals surface area contributed by atoms with Crippen molar-refractivity contribution in [2.24, 2.45) is 5.92 Å². The molecule has 0 aromatic heterocycles. The first-order valence-corrected chi connectivity index (χ1v) is 11.7. The van der Waals surface area contributed by atoms with Gasteiger partial charge in [0.25, 0.3) is 0 Å². The number of piperidine rings is 1. The third kappa shape index (κ3) is 6.70. The van der Waals surface area contributed by atoms with Crippen molar-refractivity contribution < 1.29 is 16.8 Å². The molecule has 0 aliphatic carbocycles. The van der Waals surface area contributed by atoms with Gasteiger partial charge in [0.2, 0.25) is 20.0 Å². The number of unbranched alkanes of at least 4 members (excludes halogenated alkanes) is 1. The molecule has 0 spiro atoms. The lowest BCUT2D eigenvalue weighted by Gasteiger charge is -2.29. The summed E-state index contributed by atoms with van der Waals surface area (Å²) in [5.74, 6) is 0.270. The normalized spacial score (nSPS) is 21.0. The second-order valence-corrected chi connectivity index (χ2v) is 10.1. The summed E-state index contributed by atoms with van der Waals surface area (Å²) in [6.07, 6.45) is 2.12. The Morgan fingerprint density at radius 2 is 1.81 bits per heavy atom. The number of nitrogens with one attached hydrogen (secondary N) is 3. The van der Waals surface area contributed by atoms with Crippen LogP contribution in [-0.4, -0.2) is 41.7 Å². The molecule has 1 heterocycles. The van der Waals surface area contributed by atoms with Crippen molar-refractivity contribution >= 4 is 38.1 Å². The van der Waals surface area contributed by atoms with Crippen molar-refractivity contribution in [1.29, 1.82) is 0 Å². The van der Waals surface area contributed by atoms with Crippen LogP contribution >= 0.6 is 12.4 Å². The lowest BCUT2D eigenvalue weighted by molar-refractivity contribution is 0.328. The van der Waals surface area contributed by atoms with Gasteiger partial charge >= 0.3 is 0 Å². The van der Waals surface area contributed by atoms with E-state index >= 15 is 0 Å². The van der Waals surface area contributed by atoms with E-state index in [4.69, 9.17) is 0 Å². The topological polar surface area (TPSA) is 104 Å². The van der Waals surface area contributed by atoms with E-state index in [1.54, 1.807) is 0 Å². The summed E-state index contributed by atoms with van der Waals surface area (Å²) in [4.78, 5) is 0.134. The van der Waals surface area contributed by atoms with Crippen LogP contribution in [0.2, 0.25) is 0 Å². The molecule has 26 heavy (non-hydrogen) atoms. The van der Waals surface area contributed by atoms with Crippen molar-refractivity contribution in [3.63, 3.8) is 0 Å². The van der Waals surface area contributed by atoms with Gasteiger partial charge in [-0.3, -0.25) is 4.72 Å². The van der Waals surface area contributed by atoms with E-state index in [2.05, 4.69) is 14.8 Å². The standard InChI is InChI=1S/C16H27N3O4S2.ClH/c1-3-4-11-24(20,21)18-14-5-7-15(8-6-14)25(22,23)19-16-9-10-17-12-13(16)2;/h5-8,13,16-19H,3-4,9-12H2,1-2H3;1H. The molecule has 2 atom stereocenters. The Morgan fingerprint density at radius 3 is 2.38 bits per heavy atom. The number of halogens is 1. The summed E-state index contributed by atoms with van der Waals surface area (Å²) >= 11 is 0. The van der Waals surface area contributed by atoms with Gasteiger partial charge in [-0.2, -0.15) is 0 Å². The summed E-state index contributed by atoms with van der Waals surface area (Å²) in [6, 6.07) is 5.70. The number of benzene rings is 1. The molecule has 1 aromatic carbocycles. The Labute approximate surface area is 162 Å². The van der Waals surface area contributed by atoms with E-state index < -0.39 is 20.0 Å². The fourth-order valence-electron chi connectivity index (χ4n) is 2.72. The van der Waals surface area contributed by atoms with Crippen molar-refractivity contribution in [3.05, 3.63) is 24.3 Å². The van der Waals surface area contributed by atoms with E-state index in [1.165, 1.54) is 24.3 Å². The van der Waals surface area contributed by atoms with Gasteiger partial charge in [0, 0.05) is 11.7 Å². The Hall–Kier alpha value is -0.870. The van der Waals surface area contributed by atoms with Crippen LogP contribution in [0.5, 0.6) is 0 Å². The first-order valence-electron chi connectivity index (χ1n) is 8.57. The number of sulfonamides is 2. The van der Waals surface area contributed by atoms with E-state index in [9.17, 15) is 16.8 Å². The van der Waals surface area contributed by atoms with Crippen LogP contribution in [0.25, 0.3) is 0 Å². The van der Waals surface area contributed by atoms with E-state index in [0.717, 1.165) is 25.9 Å². The maximum atomic E-state index is 12.5. The van der Waals surface area contributed by atoms with E-state index in [0.29, 0.717) is 12.1 Å². The number of rotatable bonds is 8. The van der Waals surface area contributed by atoms with Gasteiger partial charge in [0.05, 0.1) is 10.6 Å². The van der Waals surface area contributed by atoms with Gasteiger partial charge < -0.3 is 5.32 Å². The second kappa shape index (κ2) is 9.89. The zero-order valence-corrected chi connectivity index (χ0v) is 17.5. The van der Waals surface area contributed by atoms with Crippen molar-refractivity contribution in [2.45, 2.75) is 44.0 Å². The average Bonchev–Trinajstić information content (AvgIpc) is 2.55. The van der Waals surface area contributed by atoms with Gasteiger partial charge in [-0.05, 0) is 56.1 Å². The number of anilines is 1. The third-order valence-corrected chi connectivity index (χ3v) is 7.18. The molecule has 150 valence electrons. The summed E-state index contributed by atoms with van der Waals surface area (Å²) in [5, 5.41) is 3.23. The molecule has 1 aliphatic heterocycles. The summed E-state index contributed by atoms with van der Waals surface area (Å²) in [6.45, 7) is 5.50. The smallest absolute Gasteiger partial charge is 0.240 e. The highest BCUT2D eigenvalue weighted by Gasteiger charge is 2.26. The molecule has 1 aromatic rings. The Balaban J connectivity index is 0.00000338. The minimum Gasteiger partial charge on any atom is -0.316 e. The summed E-state index contributed by atoms with van der Waals surface area (Å²) < 4.78 is 54.0. The summed E-state index contributed by atoms with van der Waals surface area (Å²) in [7, 11) is -7.02. The predicted octanol–water partition coefficient (Wildman–Crippen LogP) is 1.93. The van der Waals surface area contributed by atoms with Crippen LogP contribution in [-0.2, 0) is 20.0 Å². The minimum absolute atomic E-state index is 0. The molecule has 0 bridgehead atoms. The number of hydrogen-bond donors (Lipinski definition) is 3. The third-order valence-electron chi connectivity index (χ3n) is 4.30. The lowest BCUT2D eigenvalue weighted by Crippen LogP contribution is -2.48. The molecular formula is C16H28ClN3O4S2. The molecule has 1 saturated heterocycles. The molecule has 10 heteroatoms. The molecule has 7 nitrogen and oxygen atoms in total. The maximum absolute atomic E-state index is 12.5. The van der Waals surface area contributed by atoms with Crippen LogP contribution in [0.15, 0.2) is 29.2 Å². The average molecular weight is 426 g/mol. The van der Waals surface area contributed by atoms with Gasteiger partial charge in [0.15, 0.2) is 0 Å². The predicted molar refractivity (Wildman–Crippen MR) is 107 cm³/mol. The van der Waals surface area contributed by atoms with Gasteiger partial charge in [-0.15, -0.1) is 12.4 Å². The highest BCUT2D eigenvalue weighted by molar-refractivity contribution is 7.92. The van der Waals surface area contributed by atoms with Crippen LogP contribution in [0.1, 0.15) is 33.1 Å². The lowest BCUT2D eigenvalue weighted by atomic mass is 9.97. The van der Waals surface area contributed by atoms with Crippen LogP contribution in [0.3, 0.4) is 0 Å². The molecule has 0 saturated carbocycles. The zero-order chi connectivity index (χ0) is 18.5. The van der Waals surface area contributed by atoms with Crippen molar-refractivity contribution in [2.75, 3.05) is 23.6 Å². The summed E-state index contributed by atoms with van der Waals surface area (Å²) in [5.41, 5.74) is 0.366. The fraction of sp³-hybridized carbons (Fsp3) is 0.625. The SMILES string of the molecule is CCCCS(=O)(=O)Nc1ccc(S(=O)(=O)NC2CCNCC2C)cc1.Cl. The van der Waals surface area contributed by atoms with Gasteiger partial charge in [-0.25, -0.2) is 21.6 Å². The quantitative estimate of drug-likeness (QED) is 0.590. The van der Waals surface area contributed by atoms with Crippen LogP contribution < -0.4 is 14.8 Å². The highest BCUT2D eigenvalue weighted by Crippen LogP contribution is 2.18. The fourth-order valence-corrected chi connectivity index (χ4v) is 5.37. The second-order valence-electron chi connectivity index (χ2n) is 6.50. The molecule has 1 aliphatic rings. The first kappa shape index (κ1) is 23.2. The maximum Gasteiger partial charge on any atom is 0.240 e. The monoisotopic (exact) mass is 425 g/mol. The Morgan fingerprint density at radius 1 is 1.15 bits per heavy atom. The van der Waals surface area contributed by atoms with Gasteiger partial charge in [0.1, 0.15) is 0 Å².